The van der Waals surface area contributed by atoms with Crippen LogP contribution < -0.4 is 0 Å². The maximum Gasteiger partial charge on any atom is 0.159 e. The van der Waals surface area contributed by atoms with Gasteiger partial charge in [-0.15, -0.1) is 0 Å². The molecular formula is C46H33N5. The zero-order valence-corrected chi connectivity index (χ0v) is 27.9. The molecule has 0 bridgehead atoms. The molecular weight excluding hydrogens is 623 g/mol. The third kappa shape index (κ3) is 5.32. The Morgan fingerprint density at radius 3 is 1.94 bits per heavy atom. The first-order valence-electron chi connectivity index (χ1n) is 17.1. The third-order valence-electron chi connectivity index (χ3n) is 9.46. The third-order valence-corrected chi connectivity index (χ3v) is 9.46. The highest BCUT2D eigenvalue weighted by molar-refractivity contribution is 6.08. The fourth-order valence-corrected chi connectivity index (χ4v) is 7.14. The van der Waals surface area contributed by atoms with E-state index in [-0.39, 0.29) is 0 Å². The zero-order chi connectivity index (χ0) is 34.1. The Morgan fingerprint density at radius 2 is 1.22 bits per heavy atom. The molecule has 0 aliphatic heterocycles. The molecule has 5 heteroatoms. The summed E-state index contributed by atoms with van der Waals surface area (Å²) in [6.45, 7) is 4.25. The second-order valence-electron chi connectivity index (χ2n) is 12.5. The predicted octanol–water partition coefficient (Wildman–Crippen LogP) is 11.1. The molecule has 0 spiro atoms. The van der Waals surface area contributed by atoms with Gasteiger partial charge in [0, 0.05) is 44.7 Å². The number of allylic oxidation sites excluding steroid dienone is 1. The number of nitrogens with zero attached hydrogens (tertiary/aromatic N) is 5. The molecule has 0 saturated heterocycles. The van der Waals surface area contributed by atoms with Crippen LogP contribution in [0.15, 0.2) is 171 Å². The molecule has 0 unspecified atom stereocenters. The highest BCUT2D eigenvalue weighted by Gasteiger charge is 2.20. The van der Waals surface area contributed by atoms with Crippen LogP contribution in [0.5, 0.6) is 0 Å². The summed E-state index contributed by atoms with van der Waals surface area (Å²) in [5.41, 5.74) is 11.3. The van der Waals surface area contributed by atoms with Crippen molar-refractivity contribution in [2.24, 2.45) is 0 Å². The van der Waals surface area contributed by atoms with E-state index in [9.17, 15) is 0 Å². The Hall–Kier alpha value is -6.85. The summed E-state index contributed by atoms with van der Waals surface area (Å²) in [6.07, 6.45) is 11.0. The number of pyridine rings is 1. The molecule has 5 aromatic carbocycles. The first-order chi connectivity index (χ1) is 25.3. The van der Waals surface area contributed by atoms with Crippen LogP contribution in [0.3, 0.4) is 0 Å². The van der Waals surface area contributed by atoms with Gasteiger partial charge in [-0.2, -0.15) is 0 Å². The maximum atomic E-state index is 5.19. The van der Waals surface area contributed by atoms with Gasteiger partial charge in [0.2, 0.25) is 0 Å². The minimum atomic E-state index is 0.687. The van der Waals surface area contributed by atoms with E-state index < -0.39 is 0 Å². The molecule has 0 amide bonds. The van der Waals surface area contributed by atoms with E-state index in [0.717, 1.165) is 72.5 Å². The van der Waals surface area contributed by atoms with Crippen LogP contribution >= 0.6 is 0 Å². The first-order valence-corrected chi connectivity index (χ1v) is 17.1. The molecule has 5 nitrogen and oxygen atoms in total. The van der Waals surface area contributed by atoms with Crippen LogP contribution in [-0.4, -0.2) is 24.1 Å². The smallest absolute Gasteiger partial charge is 0.159 e. The molecule has 4 heterocycles. The number of benzene rings is 5. The fourth-order valence-electron chi connectivity index (χ4n) is 7.14. The average molecular weight is 656 g/mol. The molecule has 0 atom stereocenters. The molecule has 0 fully saturated rings. The largest absolute Gasteiger partial charge is 0.306 e. The van der Waals surface area contributed by atoms with Crippen molar-refractivity contribution in [1.29, 1.82) is 0 Å². The lowest BCUT2D eigenvalue weighted by atomic mass is 10.1. The summed E-state index contributed by atoms with van der Waals surface area (Å²) in [6, 6.07) is 50.2. The van der Waals surface area contributed by atoms with Crippen LogP contribution in [0, 0.1) is 0 Å². The highest BCUT2D eigenvalue weighted by atomic mass is 15.1. The monoisotopic (exact) mass is 655 g/mol. The number of fused-ring (bicyclic) bond motifs is 4. The first kappa shape index (κ1) is 30.2. The van der Waals surface area contributed by atoms with Gasteiger partial charge < -0.3 is 4.57 Å². The van der Waals surface area contributed by atoms with Crippen molar-refractivity contribution in [1.82, 2.24) is 24.1 Å². The van der Waals surface area contributed by atoms with Crippen LogP contribution in [0.25, 0.3) is 79.0 Å². The molecule has 0 N–H and O–H groups in total. The number of aromatic nitrogens is 5. The maximum absolute atomic E-state index is 5.19. The SMILES string of the molecule is C=Cc1c(/C=C\Cc2cnc3c(c2)c2ccccc2n3-c2ccccc2)n(-c2cnc(-c3ccccc3)nc2-c2ccccc2)c2ccccc12. The topological polar surface area (TPSA) is 48.5 Å². The van der Waals surface area contributed by atoms with Gasteiger partial charge in [-0.3, -0.25) is 4.57 Å². The van der Waals surface area contributed by atoms with E-state index in [4.69, 9.17) is 15.0 Å². The van der Waals surface area contributed by atoms with Gasteiger partial charge >= 0.3 is 0 Å². The van der Waals surface area contributed by atoms with E-state index in [1.54, 1.807) is 0 Å². The van der Waals surface area contributed by atoms with Crippen molar-refractivity contribution >= 4 is 45.0 Å². The second kappa shape index (κ2) is 12.9. The highest BCUT2D eigenvalue weighted by Crippen LogP contribution is 2.36. The van der Waals surface area contributed by atoms with E-state index in [2.05, 4.69) is 131 Å². The minimum absolute atomic E-state index is 0.687. The minimum Gasteiger partial charge on any atom is -0.306 e. The van der Waals surface area contributed by atoms with Gasteiger partial charge in [0.25, 0.3) is 0 Å². The molecule has 9 rings (SSSR count). The van der Waals surface area contributed by atoms with Gasteiger partial charge in [-0.25, -0.2) is 15.0 Å². The van der Waals surface area contributed by atoms with Crippen LogP contribution in [0.4, 0.5) is 0 Å². The molecule has 0 radical (unpaired) electrons. The van der Waals surface area contributed by atoms with Gasteiger partial charge in [-0.05, 0) is 48.4 Å². The van der Waals surface area contributed by atoms with Gasteiger partial charge in [0.05, 0.1) is 34.3 Å². The van der Waals surface area contributed by atoms with Crippen LogP contribution in [0.1, 0.15) is 16.8 Å². The van der Waals surface area contributed by atoms with Gasteiger partial charge in [0.15, 0.2) is 5.82 Å². The van der Waals surface area contributed by atoms with Gasteiger partial charge in [0.1, 0.15) is 5.65 Å². The van der Waals surface area contributed by atoms with Crippen molar-refractivity contribution < 1.29 is 0 Å². The van der Waals surface area contributed by atoms with E-state index in [1.807, 2.05) is 60.9 Å². The average Bonchev–Trinajstić information content (AvgIpc) is 3.70. The number of rotatable bonds is 8. The Balaban J connectivity index is 1.17. The second-order valence-corrected chi connectivity index (χ2v) is 12.5. The Labute approximate surface area is 296 Å². The molecule has 0 saturated carbocycles. The standard InChI is InChI=1S/C46H33N5/c1-2-36-37-24-12-15-27-42(37)51(43-31-47-45(34-20-8-4-9-21-34)49-44(43)33-18-6-3-7-19-33)40(36)28-16-17-32-29-39-38-25-13-14-26-41(38)50(46(39)48-30-32)35-22-10-5-11-23-35/h2-16,18-31H,1,17H2/b28-16-. The predicted molar refractivity (Wildman–Crippen MR) is 211 cm³/mol. The number of hydrogen-bond donors (Lipinski definition) is 0. The Kier molecular flexibility index (Phi) is 7.63. The van der Waals surface area contributed by atoms with Crippen LogP contribution in [-0.2, 0) is 6.42 Å². The lowest BCUT2D eigenvalue weighted by molar-refractivity contribution is 1.05. The Bertz CT molecular complexity index is 2720. The number of para-hydroxylation sites is 3. The van der Waals surface area contributed by atoms with Crippen molar-refractivity contribution in [2.45, 2.75) is 6.42 Å². The summed E-state index contributed by atoms with van der Waals surface area (Å²) in [4.78, 5) is 15.1. The molecule has 9 aromatic rings. The molecule has 51 heavy (non-hydrogen) atoms. The quantitative estimate of drug-likeness (QED) is 0.164. The van der Waals surface area contributed by atoms with Crippen LogP contribution in [0.2, 0.25) is 0 Å². The molecule has 242 valence electrons. The van der Waals surface area contributed by atoms with Crippen molar-refractivity contribution in [3.8, 4) is 34.0 Å². The lowest BCUT2D eigenvalue weighted by Gasteiger charge is -2.15. The fraction of sp³-hybridized carbons (Fsp3) is 0.0217. The summed E-state index contributed by atoms with van der Waals surface area (Å²) in [5.74, 6) is 0.687. The zero-order valence-electron chi connectivity index (χ0n) is 27.9. The van der Waals surface area contributed by atoms with Gasteiger partial charge in [-0.1, -0.05) is 134 Å². The Morgan fingerprint density at radius 1 is 0.588 bits per heavy atom. The van der Waals surface area contributed by atoms with Crippen molar-refractivity contribution in [2.75, 3.05) is 0 Å². The lowest BCUT2D eigenvalue weighted by Crippen LogP contribution is -2.04. The molecule has 0 aliphatic rings. The van der Waals surface area contributed by atoms with E-state index in [0.29, 0.717) is 12.2 Å². The van der Waals surface area contributed by atoms with E-state index >= 15 is 0 Å². The molecule has 4 aromatic heterocycles. The number of hydrogen-bond acceptors (Lipinski definition) is 3. The van der Waals surface area contributed by atoms with E-state index in [1.165, 1.54) is 5.39 Å². The summed E-state index contributed by atoms with van der Waals surface area (Å²) >= 11 is 0. The molecule has 0 aliphatic carbocycles. The van der Waals surface area contributed by atoms with Crippen molar-refractivity contribution in [3.63, 3.8) is 0 Å². The summed E-state index contributed by atoms with van der Waals surface area (Å²) in [7, 11) is 0. The normalized spacial score (nSPS) is 11.6. The summed E-state index contributed by atoms with van der Waals surface area (Å²) < 4.78 is 4.52. The van der Waals surface area contributed by atoms with Crippen molar-refractivity contribution in [3.05, 3.63) is 187 Å². The summed E-state index contributed by atoms with van der Waals surface area (Å²) in [5, 5.41) is 3.45.